The van der Waals surface area contributed by atoms with Gasteiger partial charge in [0, 0.05) is 42.4 Å². The number of hydrogen-bond acceptors (Lipinski definition) is 7. The number of hydrogen-bond donors (Lipinski definition) is 2. The Bertz CT molecular complexity index is 1300. The predicted octanol–water partition coefficient (Wildman–Crippen LogP) is 3.57. The van der Waals surface area contributed by atoms with Crippen molar-refractivity contribution in [2.45, 2.75) is 18.6 Å². The summed E-state index contributed by atoms with van der Waals surface area (Å²) in [6.45, 7) is 4.99. The van der Waals surface area contributed by atoms with Crippen molar-refractivity contribution in [3.05, 3.63) is 60.6 Å². The molecule has 8 nitrogen and oxygen atoms in total. The molecular weight excluding hydrogens is 447 g/mol. The zero-order valence-electron chi connectivity index (χ0n) is 19.7. The number of nitrogens with zero attached hydrogens (tertiary/aromatic N) is 4. The number of methoxy groups -OCH3 is 1. The van der Waals surface area contributed by atoms with E-state index in [9.17, 15) is 9.18 Å². The highest BCUT2D eigenvalue weighted by Crippen LogP contribution is 2.35. The number of rotatable bonds is 7. The van der Waals surface area contributed by atoms with Crippen LogP contribution in [0.15, 0.2) is 54.7 Å². The fourth-order valence-corrected chi connectivity index (χ4v) is 4.13. The first-order valence-electron chi connectivity index (χ1n) is 11.3. The molecule has 180 valence electrons. The molecule has 1 amide bonds. The molecule has 2 N–H and O–H groups in total. The van der Waals surface area contributed by atoms with Gasteiger partial charge in [0.1, 0.15) is 11.9 Å². The van der Waals surface area contributed by atoms with Crippen LogP contribution in [0.5, 0.6) is 5.75 Å². The van der Waals surface area contributed by atoms with Crippen molar-refractivity contribution in [1.82, 2.24) is 20.2 Å². The fraction of sp³-hybridized carbons (Fsp3) is 0.308. The van der Waals surface area contributed by atoms with Gasteiger partial charge in [0.05, 0.1) is 30.6 Å². The third kappa shape index (κ3) is 5.39. The van der Waals surface area contributed by atoms with Gasteiger partial charge >= 0.3 is 0 Å². The van der Waals surface area contributed by atoms with E-state index in [0.717, 1.165) is 22.0 Å². The number of nitrogens with one attached hydrogen (secondary N) is 2. The van der Waals surface area contributed by atoms with Crippen molar-refractivity contribution in [1.29, 1.82) is 5.26 Å². The van der Waals surface area contributed by atoms with Crippen molar-refractivity contribution in [2.75, 3.05) is 39.1 Å². The Morgan fingerprint density at radius 2 is 2.14 bits per heavy atom. The molecule has 0 unspecified atom stereocenters. The smallest absolute Gasteiger partial charge is 0.289 e. The average molecular weight is 475 g/mol. The number of benzene rings is 2. The van der Waals surface area contributed by atoms with Gasteiger partial charge in [-0.2, -0.15) is 5.26 Å². The number of fused-ring (bicyclic) bond motifs is 1. The molecule has 0 bridgehead atoms. The summed E-state index contributed by atoms with van der Waals surface area (Å²) in [4.78, 5) is 23.2. The first-order chi connectivity index (χ1) is 16.9. The molecular formula is C26H27FN6O2. The Labute approximate surface area is 203 Å². The number of aromatic nitrogens is 2. The fourth-order valence-electron chi connectivity index (χ4n) is 4.13. The van der Waals surface area contributed by atoms with Crippen molar-refractivity contribution < 1.29 is 13.9 Å². The molecule has 1 aliphatic heterocycles. The Balaban J connectivity index is 1.63. The maximum atomic E-state index is 14.4. The number of likely N-dealkylation sites (tertiary alicyclic amines) is 1. The number of amides is 1. The highest BCUT2D eigenvalue weighted by atomic mass is 19.1. The highest BCUT2D eigenvalue weighted by Gasteiger charge is 2.29. The quantitative estimate of drug-likeness (QED) is 0.505. The minimum absolute atomic E-state index is 0.0111. The van der Waals surface area contributed by atoms with Crippen LogP contribution in [0, 0.1) is 11.3 Å². The molecule has 4 rings (SSSR count). The number of piperidine rings is 1. The minimum atomic E-state index is -1.14. The molecule has 35 heavy (non-hydrogen) atoms. The molecule has 2 heterocycles. The SMILES string of the molecule is C=C(C#N)CNc1c(OC)ccc2ccc(-c3ccnc(C(=O)N[C@H]4CCN(C)C[C@H]4F)n3)cc12. The summed E-state index contributed by atoms with van der Waals surface area (Å²) in [6, 6.07) is 12.8. The maximum Gasteiger partial charge on any atom is 0.289 e. The summed E-state index contributed by atoms with van der Waals surface area (Å²) >= 11 is 0. The Morgan fingerprint density at radius 1 is 1.34 bits per heavy atom. The minimum Gasteiger partial charge on any atom is -0.495 e. The normalized spacial score (nSPS) is 18.0. The first kappa shape index (κ1) is 24.1. The number of halogens is 1. The van der Waals surface area contributed by atoms with Crippen LogP contribution in [0.4, 0.5) is 10.1 Å². The number of anilines is 1. The average Bonchev–Trinajstić information content (AvgIpc) is 2.88. The van der Waals surface area contributed by atoms with E-state index in [0.29, 0.717) is 30.0 Å². The number of nitriles is 1. The van der Waals surface area contributed by atoms with Crippen molar-refractivity contribution in [3.8, 4) is 23.1 Å². The van der Waals surface area contributed by atoms with E-state index in [1.807, 2.05) is 48.3 Å². The predicted molar refractivity (Wildman–Crippen MR) is 133 cm³/mol. The lowest BCUT2D eigenvalue weighted by Gasteiger charge is -2.32. The number of ether oxygens (including phenoxy) is 1. The standard InChI is InChI=1S/C26H27FN6O2/c1-16(13-28)14-30-24-19-12-18(5-4-17(19)6-7-23(24)35-3)21-8-10-29-25(31-21)26(34)32-22-9-11-33(2)15-20(22)27/h4-8,10,12,20,22,30H,1,9,11,14-15H2,2-3H3,(H,32,34)/t20-,22+/m1/s1. The van der Waals surface area contributed by atoms with E-state index in [2.05, 4.69) is 27.2 Å². The largest absolute Gasteiger partial charge is 0.495 e. The number of carbonyl (C=O) groups excluding carboxylic acids is 1. The topological polar surface area (TPSA) is 103 Å². The van der Waals surface area contributed by atoms with Crippen LogP contribution in [-0.4, -0.2) is 66.8 Å². The molecule has 2 aromatic carbocycles. The van der Waals surface area contributed by atoms with E-state index in [1.54, 1.807) is 13.2 Å². The Kier molecular flexibility index (Phi) is 7.22. The van der Waals surface area contributed by atoms with Crippen LogP contribution in [0.2, 0.25) is 0 Å². The van der Waals surface area contributed by atoms with Gasteiger partial charge in [-0.3, -0.25) is 4.79 Å². The molecule has 1 saturated heterocycles. The van der Waals surface area contributed by atoms with Crippen LogP contribution >= 0.6 is 0 Å². The zero-order chi connectivity index (χ0) is 24.9. The van der Waals surface area contributed by atoms with Crippen LogP contribution in [0.1, 0.15) is 17.0 Å². The van der Waals surface area contributed by atoms with Gasteiger partial charge in [-0.25, -0.2) is 14.4 Å². The lowest BCUT2D eigenvalue weighted by Crippen LogP contribution is -2.51. The summed E-state index contributed by atoms with van der Waals surface area (Å²) < 4.78 is 19.9. The summed E-state index contributed by atoms with van der Waals surface area (Å²) in [5.41, 5.74) is 2.45. The maximum absolute atomic E-state index is 14.4. The summed E-state index contributed by atoms with van der Waals surface area (Å²) in [5, 5.41) is 16.9. The second kappa shape index (κ2) is 10.5. The van der Waals surface area contributed by atoms with Crippen LogP contribution < -0.4 is 15.4 Å². The van der Waals surface area contributed by atoms with Gasteiger partial charge in [0.25, 0.3) is 5.91 Å². The lowest BCUT2D eigenvalue weighted by atomic mass is 10.0. The van der Waals surface area contributed by atoms with Gasteiger partial charge in [0.2, 0.25) is 5.82 Å². The van der Waals surface area contributed by atoms with Gasteiger partial charge < -0.3 is 20.3 Å². The van der Waals surface area contributed by atoms with Gasteiger partial charge in [-0.05, 0) is 37.1 Å². The van der Waals surface area contributed by atoms with Gasteiger partial charge in [0.15, 0.2) is 0 Å². The van der Waals surface area contributed by atoms with Gasteiger partial charge in [-0.15, -0.1) is 0 Å². The molecule has 0 saturated carbocycles. The molecule has 0 radical (unpaired) electrons. The molecule has 1 aromatic heterocycles. The molecule has 0 aliphatic carbocycles. The molecule has 1 aliphatic rings. The Hall–Kier alpha value is -4.03. The number of alkyl halides is 1. The summed E-state index contributed by atoms with van der Waals surface area (Å²) in [5.74, 6) is 0.119. The van der Waals surface area contributed by atoms with Crippen molar-refractivity contribution in [3.63, 3.8) is 0 Å². The van der Waals surface area contributed by atoms with Crippen molar-refractivity contribution >= 4 is 22.4 Å². The molecule has 3 aromatic rings. The zero-order valence-corrected chi connectivity index (χ0v) is 19.7. The Morgan fingerprint density at radius 3 is 2.89 bits per heavy atom. The number of carbonyl (C=O) groups is 1. The second-order valence-electron chi connectivity index (χ2n) is 8.56. The van der Waals surface area contributed by atoms with E-state index < -0.39 is 18.1 Å². The molecule has 2 atom stereocenters. The summed E-state index contributed by atoms with van der Waals surface area (Å²) in [6.07, 6.45) is 0.910. The first-order valence-corrected chi connectivity index (χ1v) is 11.3. The van der Waals surface area contributed by atoms with Gasteiger partial charge in [-0.1, -0.05) is 24.8 Å². The van der Waals surface area contributed by atoms with E-state index >= 15 is 0 Å². The highest BCUT2D eigenvalue weighted by molar-refractivity contribution is 5.99. The monoisotopic (exact) mass is 474 g/mol. The van der Waals surface area contributed by atoms with Crippen LogP contribution in [0.25, 0.3) is 22.0 Å². The second-order valence-corrected chi connectivity index (χ2v) is 8.56. The molecule has 9 heteroatoms. The third-order valence-corrected chi connectivity index (χ3v) is 6.06. The van der Waals surface area contributed by atoms with E-state index in [-0.39, 0.29) is 18.9 Å². The lowest BCUT2D eigenvalue weighted by molar-refractivity contribution is 0.0812. The van der Waals surface area contributed by atoms with Crippen molar-refractivity contribution in [2.24, 2.45) is 0 Å². The van der Waals surface area contributed by atoms with E-state index in [4.69, 9.17) is 10.00 Å². The third-order valence-electron chi connectivity index (χ3n) is 6.06. The summed E-state index contributed by atoms with van der Waals surface area (Å²) in [7, 11) is 3.44. The van der Waals surface area contributed by atoms with Crippen LogP contribution in [-0.2, 0) is 0 Å². The van der Waals surface area contributed by atoms with Crippen LogP contribution in [0.3, 0.4) is 0 Å². The molecule has 0 spiro atoms. The molecule has 1 fully saturated rings. The van der Waals surface area contributed by atoms with E-state index in [1.165, 1.54) is 6.20 Å².